The van der Waals surface area contributed by atoms with Gasteiger partial charge in [-0.25, -0.2) is 18.2 Å². The van der Waals surface area contributed by atoms with Crippen LogP contribution in [0.15, 0.2) is 46.9 Å². The van der Waals surface area contributed by atoms with Crippen LogP contribution < -0.4 is 15.9 Å². The van der Waals surface area contributed by atoms with Crippen LogP contribution in [0.3, 0.4) is 0 Å². The minimum Gasteiger partial charge on any atom is -0.486 e. The first kappa shape index (κ1) is 17.7. The van der Waals surface area contributed by atoms with E-state index < -0.39 is 17.5 Å². The standard InChI is InChI=1S/C17H13F3N4OS/c18-12-3-1-11(6-13(12)19)8-25-15-4-2-10(5-14(15)20)7-22-24-17-23-16(21)9-26-17/h1-7,9H,8,21H2,(H,23,24). The number of thiazole rings is 1. The van der Waals surface area contributed by atoms with Crippen LogP contribution in [0, 0.1) is 17.5 Å². The van der Waals surface area contributed by atoms with E-state index in [2.05, 4.69) is 15.5 Å². The van der Waals surface area contributed by atoms with Crippen molar-refractivity contribution in [2.24, 2.45) is 5.10 Å². The molecule has 0 bridgehead atoms. The Bertz CT molecular complexity index is 946. The molecular formula is C17H13F3N4OS. The molecule has 3 rings (SSSR count). The Hall–Kier alpha value is -3.07. The van der Waals surface area contributed by atoms with Gasteiger partial charge in [0.1, 0.15) is 12.4 Å². The van der Waals surface area contributed by atoms with E-state index in [1.807, 2.05) is 0 Å². The van der Waals surface area contributed by atoms with Gasteiger partial charge in [-0.1, -0.05) is 6.07 Å². The predicted molar refractivity (Wildman–Crippen MR) is 94.8 cm³/mol. The molecule has 0 saturated heterocycles. The molecule has 1 heterocycles. The van der Waals surface area contributed by atoms with Gasteiger partial charge in [0.15, 0.2) is 23.2 Å². The lowest BCUT2D eigenvalue weighted by atomic mass is 10.2. The van der Waals surface area contributed by atoms with Crippen LogP contribution in [0.5, 0.6) is 5.75 Å². The molecule has 0 aliphatic carbocycles. The molecule has 5 nitrogen and oxygen atoms in total. The average Bonchev–Trinajstić information content (AvgIpc) is 3.02. The molecule has 0 aliphatic rings. The largest absolute Gasteiger partial charge is 0.486 e. The SMILES string of the molecule is Nc1csc(NN=Cc2ccc(OCc3ccc(F)c(F)c3)c(F)c2)n1. The second-order valence-electron chi connectivity index (χ2n) is 5.17. The Kier molecular flexibility index (Phi) is 5.37. The maximum atomic E-state index is 14.1. The van der Waals surface area contributed by atoms with Crippen molar-refractivity contribution >= 4 is 28.5 Å². The fraction of sp³-hybridized carbons (Fsp3) is 0.0588. The zero-order chi connectivity index (χ0) is 18.5. The second-order valence-corrected chi connectivity index (χ2v) is 6.03. The van der Waals surface area contributed by atoms with Crippen LogP contribution in [0.25, 0.3) is 0 Å². The van der Waals surface area contributed by atoms with Crippen LogP contribution in [0.4, 0.5) is 24.1 Å². The van der Waals surface area contributed by atoms with E-state index in [1.165, 1.54) is 35.8 Å². The zero-order valence-corrected chi connectivity index (χ0v) is 14.1. The second kappa shape index (κ2) is 7.87. The summed E-state index contributed by atoms with van der Waals surface area (Å²) in [5, 5.41) is 6.12. The highest BCUT2D eigenvalue weighted by Gasteiger charge is 2.07. The minimum atomic E-state index is -0.979. The number of anilines is 2. The third-order valence-corrected chi connectivity index (χ3v) is 4.00. The molecule has 3 aromatic rings. The third-order valence-electron chi connectivity index (χ3n) is 3.23. The summed E-state index contributed by atoms with van der Waals surface area (Å²) in [6, 6.07) is 7.64. The van der Waals surface area contributed by atoms with Gasteiger partial charge in [-0.2, -0.15) is 5.10 Å². The van der Waals surface area contributed by atoms with Crippen LogP contribution in [0.1, 0.15) is 11.1 Å². The van der Waals surface area contributed by atoms with Crippen molar-refractivity contribution in [3.8, 4) is 5.75 Å². The van der Waals surface area contributed by atoms with E-state index in [1.54, 1.807) is 11.4 Å². The summed E-state index contributed by atoms with van der Waals surface area (Å²) in [5.41, 5.74) is 9.06. The molecule has 0 unspecified atom stereocenters. The van der Waals surface area contributed by atoms with Gasteiger partial charge in [0.2, 0.25) is 5.13 Å². The van der Waals surface area contributed by atoms with Crippen molar-refractivity contribution in [3.05, 3.63) is 70.4 Å². The van der Waals surface area contributed by atoms with Crippen molar-refractivity contribution in [2.45, 2.75) is 6.61 Å². The first-order valence-electron chi connectivity index (χ1n) is 7.37. The molecule has 134 valence electrons. The van der Waals surface area contributed by atoms with Crippen molar-refractivity contribution < 1.29 is 17.9 Å². The molecule has 2 aromatic carbocycles. The maximum absolute atomic E-state index is 14.1. The predicted octanol–water partition coefficient (Wildman–Crippen LogP) is 4.17. The van der Waals surface area contributed by atoms with E-state index in [4.69, 9.17) is 10.5 Å². The summed E-state index contributed by atoms with van der Waals surface area (Å²) in [6.07, 6.45) is 1.42. The number of rotatable bonds is 6. The number of hydrogen-bond donors (Lipinski definition) is 2. The van der Waals surface area contributed by atoms with Crippen molar-refractivity contribution in [1.29, 1.82) is 0 Å². The molecule has 3 N–H and O–H groups in total. The molecule has 1 aromatic heterocycles. The number of hydrazone groups is 1. The third kappa shape index (κ3) is 4.51. The number of benzene rings is 2. The molecule has 0 spiro atoms. The molecule has 0 saturated carbocycles. The van der Waals surface area contributed by atoms with Gasteiger partial charge in [-0.3, -0.25) is 5.43 Å². The van der Waals surface area contributed by atoms with Gasteiger partial charge >= 0.3 is 0 Å². The van der Waals surface area contributed by atoms with Crippen LogP contribution in [0.2, 0.25) is 0 Å². The number of nitrogens with one attached hydrogen (secondary N) is 1. The Morgan fingerprint density at radius 3 is 2.65 bits per heavy atom. The molecule has 26 heavy (non-hydrogen) atoms. The highest BCUT2D eigenvalue weighted by Crippen LogP contribution is 2.20. The molecule has 0 atom stereocenters. The summed E-state index contributed by atoms with van der Waals surface area (Å²) >= 11 is 1.29. The van der Waals surface area contributed by atoms with Gasteiger partial charge in [-0.15, -0.1) is 11.3 Å². The molecule has 9 heteroatoms. The van der Waals surface area contributed by atoms with E-state index >= 15 is 0 Å². The fourth-order valence-corrected chi connectivity index (χ4v) is 2.55. The van der Waals surface area contributed by atoms with Gasteiger partial charge in [0.05, 0.1) is 6.21 Å². The lowest BCUT2D eigenvalue weighted by Crippen LogP contribution is -1.99. The number of nitrogens with zero attached hydrogens (tertiary/aromatic N) is 2. The van der Waals surface area contributed by atoms with Crippen molar-refractivity contribution in [2.75, 3.05) is 11.2 Å². The Labute approximate surface area is 151 Å². The lowest BCUT2D eigenvalue weighted by Gasteiger charge is -2.08. The summed E-state index contributed by atoms with van der Waals surface area (Å²) in [6.45, 7) is -0.0887. The molecule has 0 aliphatic heterocycles. The van der Waals surface area contributed by atoms with E-state index in [0.717, 1.165) is 12.1 Å². The summed E-state index contributed by atoms with van der Waals surface area (Å²) in [4.78, 5) is 3.97. The zero-order valence-electron chi connectivity index (χ0n) is 13.2. The summed E-state index contributed by atoms with van der Waals surface area (Å²) in [7, 11) is 0. The lowest BCUT2D eigenvalue weighted by molar-refractivity contribution is 0.289. The highest BCUT2D eigenvalue weighted by atomic mass is 32.1. The molecular weight excluding hydrogens is 365 g/mol. The number of ether oxygens (including phenoxy) is 1. The summed E-state index contributed by atoms with van der Waals surface area (Å²) < 4.78 is 45.4. The number of aromatic nitrogens is 1. The highest BCUT2D eigenvalue weighted by molar-refractivity contribution is 7.14. The van der Waals surface area contributed by atoms with Crippen molar-refractivity contribution in [3.63, 3.8) is 0 Å². The number of nitrogens with two attached hydrogens (primary N) is 1. The Balaban J connectivity index is 1.60. The van der Waals surface area contributed by atoms with E-state index in [0.29, 0.717) is 22.1 Å². The smallest absolute Gasteiger partial charge is 0.205 e. The fourth-order valence-electron chi connectivity index (χ4n) is 2.00. The van der Waals surface area contributed by atoms with Crippen LogP contribution in [-0.4, -0.2) is 11.2 Å². The van der Waals surface area contributed by atoms with Gasteiger partial charge in [-0.05, 0) is 41.5 Å². The normalized spacial score (nSPS) is 11.0. The number of halogens is 3. The molecule has 0 fully saturated rings. The Morgan fingerprint density at radius 1 is 1.12 bits per heavy atom. The first-order valence-corrected chi connectivity index (χ1v) is 8.25. The number of nitrogen functional groups attached to an aromatic ring is 1. The van der Waals surface area contributed by atoms with Crippen LogP contribution in [-0.2, 0) is 6.61 Å². The van der Waals surface area contributed by atoms with Gasteiger partial charge in [0, 0.05) is 5.38 Å². The van der Waals surface area contributed by atoms with Crippen molar-refractivity contribution in [1.82, 2.24) is 4.98 Å². The summed E-state index contributed by atoms with van der Waals surface area (Å²) in [5.74, 6) is -2.14. The molecule has 0 amide bonds. The van der Waals surface area contributed by atoms with Gasteiger partial charge < -0.3 is 10.5 Å². The monoisotopic (exact) mass is 378 g/mol. The Morgan fingerprint density at radius 2 is 1.96 bits per heavy atom. The minimum absolute atomic E-state index is 0.00691. The topological polar surface area (TPSA) is 72.5 Å². The quantitative estimate of drug-likeness (QED) is 0.499. The van der Waals surface area contributed by atoms with Crippen LogP contribution >= 0.6 is 11.3 Å². The molecule has 0 radical (unpaired) electrons. The van der Waals surface area contributed by atoms with E-state index in [9.17, 15) is 13.2 Å². The average molecular weight is 378 g/mol. The number of hydrogen-bond acceptors (Lipinski definition) is 6. The first-order chi connectivity index (χ1) is 12.5. The van der Waals surface area contributed by atoms with Gasteiger partial charge in [0.25, 0.3) is 0 Å². The maximum Gasteiger partial charge on any atom is 0.205 e. The van der Waals surface area contributed by atoms with E-state index in [-0.39, 0.29) is 12.4 Å².